The van der Waals surface area contributed by atoms with Crippen LogP contribution in [0.4, 0.5) is 18.9 Å². The first-order chi connectivity index (χ1) is 18.1. The SMILES string of the molecule is O=Cc1ccc(-c2cnc3[nH]cc(C(=O)c4c(F)ccc(NS(=O)(=O)N5CC[C@H](F)C5)c4F)c3c2)cc1O. The van der Waals surface area contributed by atoms with E-state index in [-0.39, 0.29) is 40.9 Å². The van der Waals surface area contributed by atoms with Gasteiger partial charge in [0, 0.05) is 42.0 Å². The monoisotopic (exact) mass is 544 g/mol. The molecule has 1 atom stereocenters. The highest BCUT2D eigenvalue weighted by molar-refractivity contribution is 7.90. The highest BCUT2D eigenvalue weighted by Gasteiger charge is 2.33. The van der Waals surface area contributed by atoms with Crippen LogP contribution < -0.4 is 4.72 Å². The molecule has 3 heterocycles. The van der Waals surface area contributed by atoms with Crippen molar-refractivity contribution < 1.29 is 36.3 Å². The van der Waals surface area contributed by atoms with Crippen LogP contribution in [0.15, 0.2) is 48.8 Å². The number of aldehydes is 1. The fraction of sp³-hybridized carbons (Fsp3) is 0.160. The van der Waals surface area contributed by atoms with E-state index in [9.17, 15) is 31.9 Å². The fourth-order valence-electron chi connectivity index (χ4n) is 4.26. The zero-order chi connectivity index (χ0) is 27.2. The predicted octanol–water partition coefficient (Wildman–Crippen LogP) is 3.96. The van der Waals surface area contributed by atoms with Crippen LogP contribution in [0.5, 0.6) is 5.75 Å². The molecule has 0 aliphatic carbocycles. The standard InChI is InChI=1S/C25H19F3N4O5S/c26-16-5-6-32(11-16)38(36,37)31-20-4-3-19(27)22(23(20)28)24(35)18-10-30-25-17(18)7-15(9-29-25)13-1-2-14(12-33)21(34)8-13/h1-4,7-10,12,16,31,34H,5-6,11H2,(H,29,30)/t16-/m0/s1. The minimum absolute atomic E-state index is 0.00597. The molecule has 1 saturated heterocycles. The third-order valence-corrected chi connectivity index (χ3v) is 7.75. The highest BCUT2D eigenvalue weighted by Crippen LogP contribution is 2.31. The number of alkyl halides is 1. The number of aromatic hydroxyl groups is 1. The molecule has 196 valence electrons. The van der Waals surface area contributed by atoms with Crippen molar-refractivity contribution in [3.63, 3.8) is 0 Å². The normalized spacial score (nSPS) is 16.1. The minimum atomic E-state index is -4.35. The number of benzene rings is 2. The molecule has 3 N–H and O–H groups in total. The number of fused-ring (bicyclic) bond motifs is 1. The smallest absolute Gasteiger partial charge is 0.301 e. The molecule has 1 aliphatic rings. The third kappa shape index (κ3) is 4.50. The van der Waals surface area contributed by atoms with Gasteiger partial charge in [-0.1, -0.05) is 6.07 Å². The van der Waals surface area contributed by atoms with Crippen LogP contribution in [-0.2, 0) is 10.2 Å². The lowest BCUT2D eigenvalue weighted by Gasteiger charge is -2.18. The number of hydrogen-bond acceptors (Lipinski definition) is 6. The Labute approximate surface area is 214 Å². The number of aromatic nitrogens is 2. The van der Waals surface area contributed by atoms with Crippen molar-refractivity contribution in [3.05, 3.63) is 77.1 Å². The van der Waals surface area contributed by atoms with E-state index < -0.39 is 51.6 Å². The van der Waals surface area contributed by atoms with E-state index in [0.717, 1.165) is 16.4 Å². The van der Waals surface area contributed by atoms with Crippen molar-refractivity contribution in [1.82, 2.24) is 14.3 Å². The van der Waals surface area contributed by atoms with Crippen LogP contribution in [0.25, 0.3) is 22.2 Å². The Morgan fingerprint density at radius 3 is 2.66 bits per heavy atom. The Morgan fingerprint density at radius 1 is 1.18 bits per heavy atom. The van der Waals surface area contributed by atoms with E-state index in [1.165, 1.54) is 30.6 Å². The first-order valence-electron chi connectivity index (χ1n) is 11.3. The van der Waals surface area contributed by atoms with Crippen LogP contribution in [0.2, 0.25) is 0 Å². The van der Waals surface area contributed by atoms with Gasteiger partial charge in [-0.05, 0) is 42.3 Å². The van der Waals surface area contributed by atoms with Gasteiger partial charge in [0.1, 0.15) is 23.4 Å². The number of rotatable bonds is 7. The number of phenols is 1. The number of nitrogens with one attached hydrogen (secondary N) is 2. The van der Waals surface area contributed by atoms with E-state index >= 15 is 4.39 Å². The third-order valence-electron chi connectivity index (χ3n) is 6.26. The van der Waals surface area contributed by atoms with E-state index in [4.69, 9.17) is 0 Å². The second-order valence-electron chi connectivity index (χ2n) is 8.68. The van der Waals surface area contributed by atoms with Gasteiger partial charge in [-0.3, -0.25) is 14.3 Å². The number of H-pyrrole nitrogens is 1. The molecular formula is C25H19F3N4O5S. The largest absolute Gasteiger partial charge is 0.507 e. The minimum Gasteiger partial charge on any atom is -0.507 e. The van der Waals surface area contributed by atoms with Crippen molar-refractivity contribution in [2.24, 2.45) is 0 Å². The highest BCUT2D eigenvalue weighted by atomic mass is 32.2. The topological polar surface area (TPSA) is 132 Å². The lowest BCUT2D eigenvalue weighted by molar-refractivity contribution is 0.103. The van der Waals surface area contributed by atoms with Crippen molar-refractivity contribution in [2.45, 2.75) is 12.6 Å². The van der Waals surface area contributed by atoms with Crippen LogP contribution in [-0.4, -0.2) is 59.1 Å². The average molecular weight is 545 g/mol. The van der Waals surface area contributed by atoms with Crippen LogP contribution >= 0.6 is 0 Å². The summed E-state index contributed by atoms with van der Waals surface area (Å²) in [4.78, 5) is 31.3. The molecule has 1 aliphatic heterocycles. The molecule has 1 fully saturated rings. The second-order valence-corrected chi connectivity index (χ2v) is 10.3. The van der Waals surface area contributed by atoms with Crippen LogP contribution in [0.1, 0.15) is 32.7 Å². The molecule has 38 heavy (non-hydrogen) atoms. The van der Waals surface area contributed by atoms with E-state index in [0.29, 0.717) is 17.4 Å². The van der Waals surface area contributed by atoms with Gasteiger partial charge in [-0.15, -0.1) is 0 Å². The zero-order valence-electron chi connectivity index (χ0n) is 19.4. The Kier molecular flexibility index (Phi) is 6.41. The Hall–Kier alpha value is -4.23. The second kappa shape index (κ2) is 9.58. The number of pyridine rings is 1. The Morgan fingerprint density at radius 2 is 1.97 bits per heavy atom. The van der Waals surface area contributed by atoms with Gasteiger partial charge in [0.2, 0.25) is 5.78 Å². The van der Waals surface area contributed by atoms with Crippen molar-refractivity contribution >= 4 is 39.0 Å². The summed E-state index contributed by atoms with van der Waals surface area (Å²) in [6.45, 7) is -0.504. The average Bonchev–Trinajstić information content (AvgIpc) is 3.52. The molecule has 4 aromatic rings. The number of carbonyl (C=O) groups excluding carboxylic acids is 2. The van der Waals surface area contributed by atoms with Gasteiger partial charge in [0.05, 0.1) is 16.8 Å². The van der Waals surface area contributed by atoms with Gasteiger partial charge < -0.3 is 10.1 Å². The summed E-state index contributed by atoms with van der Waals surface area (Å²) in [7, 11) is -4.35. The zero-order valence-corrected chi connectivity index (χ0v) is 20.2. The molecule has 0 amide bonds. The molecular weight excluding hydrogens is 525 g/mol. The number of hydrogen-bond donors (Lipinski definition) is 3. The molecule has 13 heteroatoms. The van der Waals surface area contributed by atoms with Crippen molar-refractivity contribution in [3.8, 4) is 16.9 Å². The maximum absolute atomic E-state index is 15.4. The van der Waals surface area contributed by atoms with Gasteiger partial charge in [-0.25, -0.2) is 18.2 Å². The van der Waals surface area contributed by atoms with Crippen LogP contribution in [0, 0.1) is 11.6 Å². The van der Waals surface area contributed by atoms with E-state index in [1.54, 1.807) is 6.07 Å². The first-order valence-corrected chi connectivity index (χ1v) is 12.7. The molecule has 0 unspecified atom stereocenters. The summed E-state index contributed by atoms with van der Waals surface area (Å²) in [5.74, 6) is -3.98. The fourth-order valence-corrected chi connectivity index (χ4v) is 5.52. The molecule has 0 spiro atoms. The Balaban J connectivity index is 1.52. The van der Waals surface area contributed by atoms with Gasteiger partial charge in [0.25, 0.3) is 0 Å². The van der Waals surface area contributed by atoms with E-state index in [1.807, 2.05) is 4.72 Å². The Bertz CT molecular complexity index is 1710. The predicted molar refractivity (Wildman–Crippen MR) is 132 cm³/mol. The number of carbonyl (C=O) groups is 2. The summed E-state index contributed by atoms with van der Waals surface area (Å²) < 4.78 is 71.5. The quantitative estimate of drug-likeness (QED) is 0.238. The number of aromatic amines is 1. The summed E-state index contributed by atoms with van der Waals surface area (Å²) in [6.07, 6.45) is 1.80. The maximum Gasteiger partial charge on any atom is 0.301 e. The molecule has 5 rings (SSSR count). The molecule has 0 bridgehead atoms. The molecule has 0 saturated carbocycles. The van der Waals surface area contributed by atoms with Gasteiger partial charge >= 0.3 is 10.2 Å². The lowest BCUT2D eigenvalue weighted by atomic mass is 9.99. The van der Waals surface area contributed by atoms with Crippen molar-refractivity contribution in [2.75, 3.05) is 17.8 Å². The van der Waals surface area contributed by atoms with E-state index in [2.05, 4.69) is 9.97 Å². The van der Waals surface area contributed by atoms with Crippen molar-refractivity contribution in [1.29, 1.82) is 0 Å². The number of anilines is 1. The molecule has 9 nitrogen and oxygen atoms in total. The summed E-state index contributed by atoms with van der Waals surface area (Å²) in [5, 5.41) is 10.2. The molecule has 2 aromatic heterocycles. The number of nitrogens with zero attached hydrogens (tertiary/aromatic N) is 2. The number of phenolic OH excluding ortho intramolecular Hbond substituents is 1. The van der Waals surface area contributed by atoms with Gasteiger partial charge in [-0.2, -0.15) is 12.7 Å². The van der Waals surface area contributed by atoms with Crippen LogP contribution in [0.3, 0.4) is 0 Å². The summed E-state index contributed by atoms with van der Waals surface area (Å²) >= 11 is 0. The van der Waals surface area contributed by atoms with Gasteiger partial charge in [0.15, 0.2) is 12.1 Å². The number of halogens is 3. The maximum atomic E-state index is 15.4. The summed E-state index contributed by atoms with van der Waals surface area (Å²) in [6, 6.07) is 7.41. The number of ketones is 1. The lowest BCUT2D eigenvalue weighted by Crippen LogP contribution is -2.34. The molecule has 2 aromatic carbocycles. The summed E-state index contributed by atoms with van der Waals surface area (Å²) in [5.41, 5.74) is -0.572. The molecule has 0 radical (unpaired) electrons. The first kappa shape index (κ1) is 25.4.